The van der Waals surface area contributed by atoms with Crippen LogP contribution in [-0.2, 0) is 4.74 Å². The molecule has 0 aromatic rings. The van der Waals surface area contributed by atoms with Crippen molar-refractivity contribution in [2.24, 2.45) is 0 Å². The molecular weight excluding hydrogens is 162 g/mol. The standard InChI is InChI=1S/C11H25NO/c1-5-8-11(13-6-2)9-7-10-12(3)4/h11H,5-10H2,1-4H3. The van der Waals surface area contributed by atoms with Crippen molar-refractivity contribution in [3.8, 4) is 0 Å². The third-order valence-corrected chi connectivity index (χ3v) is 2.14. The van der Waals surface area contributed by atoms with Crippen molar-refractivity contribution in [2.75, 3.05) is 27.2 Å². The number of ether oxygens (including phenoxy) is 1. The maximum atomic E-state index is 5.65. The number of rotatable bonds is 8. The van der Waals surface area contributed by atoms with Crippen molar-refractivity contribution in [1.82, 2.24) is 4.90 Å². The second kappa shape index (κ2) is 8.52. The molecule has 0 amide bonds. The quantitative estimate of drug-likeness (QED) is 0.579. The van der Waals surface area contributed by atoms with Crippen molar-refractivity contribution < 1.29 is 4.74 Å². The van der Waals surface area contributed by atoms with E-state index in [0.29, 0.717) is 6.10 Å². The van der Waals surface area contributed by atoms with Gasteiger partial charge in [0.2, 0.25) is 0 Å². The van der Waals surface area contributed by atoms with Crippen molar-refractivity contribution in [2.45, 2.75) is 45.6 Å². The van der Waals surface area contributed by atoms with Crippen LogP contribution in [0.2, 0.25) is 0 Å². The van der Waals surface area contributed by atoms with Crippen LogP contribution in [0, 0.1) is 0 Å². The summed E-state index contributed by atoms with van der Waals surface area (Å²) >= 11 is 0. The summed E-state index contributed by atoms with van der Waals surface area (Å²) in [5, 5.41) is 0. The van der Waals surface area contributed by atoms with Crippen LogP contribution in [0.3, 0.4) is 0 Å². The molecule has 0 saturated heterocycles. The van der Waals surface area contributed by atoms with E-state index in [1.54, 1.807) is 0 Å². The summed E-state index contributed by atoms with van der Waals surface area (Å²) in [5.41, 5.74) is 0. The summed E-state index contributed by atoms with van der Waals surface area (Å²) in [7, 11) is 4.24. The van der Waals surface area contributed by atoms with E-state index >= 15 is 0 Å². The van der Waals surface area contributed by atoms with Gasteiger partial charge >= 0.3 is 0 Å². The lowest BCUT2D eigenvalue weighted by molar-refractivity contribution is 0.0476. The highest BCUT2D eigenvalue weighted by molar-refractivity contribution is 4.58. The summed E-state index contributed by atoms with van der Waals surface area (Å²) in [6.45, 7) is 6.33. The Balaban J connectivity index is 3.44. The van der Waals surface area contributed by atoms with Crippen LogP contribution < -0.4 is 0 Å². The van der Waals surface area contributed by atoms with Gasteiger partial charge in [0.25, 0.3) is 0 Å². The number of nitrogens with zero attached hydrogens (tertiary/aromatic N) is 1. The zero-order chi connectivity index (χ0) is 10.1. The summed E-state index contributed by atoms with van der Waals surface area (Å²) < 4.78 is 5.65. The molecule has 0 aliphatic rings. The Bertz CT molecular complexity index is 98.3. The summed E-state index contributed by atoms with van der Waals surface area (Å²) in [4.78, 5) is 2.23. The first kappa shape index (κ1) is 12.9. The fourth-order valence-corrected chi connectivity index (χ4v) is 1.50. The molecule has 0 aromatic carbocycles. The minimum Gasteiger partial charge on any atom is -0.379 e. The molecule has 2 nitrogen and oxygen atoms in total. The van der Waals surface area contributed by atoms with E-state index in [9.17, 15) is 0 Å². The lowest BCUT2D eigenvalue weighted by atomic mass is 10.1. The van der Waals surface area contributed by atoms with Gasteiger partial charge in [-0.1, -0.05) is 13.3 Å². The van der Waals surface area contributed by atoms with Gasteiger partial charge in [0, 0.05) is 6.61 Å². The highest BCUT2D eigenvalue weighted by Gasteiger charge is 2.06. The lowest BCUT2D eigenvalue weighted by Crippen LogP contribution is -2.18. The average molecular weight is 187 g/mol. The molecule has 0 rings (SSSR count). The minimum atomic E-state index is 0.495. The van der Waals surface area contributed by atoms with Crippen LogP contribution in [0.4, 0.5) is 0 Å². The van der Waals surface area contributed by atoms with Gasteiger partial charge in [-0.3, -0.25) is 0 Å². The Morgan fingerprint density at radius 2 is 1.85 bits per heavy atom. The molecule has 0 aliphatic heterocycles. The number of hydrogen-bond donors (Lipinski definition) is 0. The molecule has 0 heterocycles. The molecule has 0 fully saturated rings. The molecular formula is C11H25NO. The third kappa shape index (κ3) is 8.26. The first-order valence-corrected chi connectivity index (χ1v) is 5.47. The van der Waals surface area contributed by atoms with Crippen molar-refractivity contribution in [3.63, 3.8) is 0 Å². The Morgan fingerprint density at radius 1 is 1.15 bits per heavy atom. The normalized spacial score (nSPS) is 13.6. The van der Waals surface area contributed by atoms with Crippen molar-refractivity contribution >= 4 is 0 Å². The fraction of sp³-hybridized carbons (Fsp3) is 1.00. The fourth-order valence-electron chi connectivity index (χ4n) is 1.50. The first-order valence-electron chi connectivity index (χ1n) is 5.47. The van der Waals surface area contributed by atoms with E-state index in [0.717, 1.165) is 6.61 Å². The molecule has 0 aromatic heterocycles. The van der Waals surface area contributed by atoms with E-state index in [-0.39, 0.29) is 0 Å². The largest absolute Gasteiger partial charge is 0.379 e. The molecule has 0 N–H and O–H groups in total. The molecule has 0 aliphatic carbocycles. The Morgan fingerprint density at radius 3 is 2.31 bits per heavy atom. The lowest BCUT2D eigenvalue weighted by Gasteiger charge is -2.17. The van der Waals surface area contributed by atoms with Crippen molar-refractivity contribution in [1.29, 1.82) is 0 Å². The van der Waals surface area contributed by atoms with Gasteiger partial charge in [0.15, 0.2) is 0 Å². The zero-order valence-electron chi connectivity index (χ0n) is 9.68. The molecule has 0 saturated carbocycles. The van der Waals surface area contributed by atoms with Gasteiger partial charge in [-0.05, 0) is 46.8 Å². The van der Waals surface area contributed by atoms with Crippen LogP contribution in [0.25, 0.3) is 0 Å². The molecule has 0 spiro atoms. The highest BCUT2D eigenvalue weighted by Crippen LogP contribution is 2.09. The third-order valence-electron chi connectivity index (χ3n) is 2.14. The average Bonchev–Trinajstić information content (AvgIpc) is 2.04. The Hall–Kier alpha value is -0.0800. The van der Waals surface area contributed by atoms with E-state index in [1.165, 1.54) is 32.2 Å². The molecule has 1 unspecified atom stereocenters. The minimum absolute atomic E-state index is 0.495. The smallest absolute Gasteiger partial charge is 0.0575 e. The molecule has 2 heteroatoms. The van der Waals surface area contributed by atoms with Gasteiger partial charge in [0.05, 0.1) is 6.10 Å². The van der Waals surface area contributed by atoms with E-state index in [2.05, 4.69) is 32.8 Å². The van der Waals surface area contributed by atoms with Crippen LogP contribution >= 0.6 is 0 Å². The molecule has 0 bridgehead atoms. The summed E-state index contributed by atoms with van der Waals surface area (Å²) in [6, 6.07) is 0. The SMILES string of the molecule is CCCC(CCCN(C)C)OCC. The van der Waals surface area contributed by atoms with Gasteiger partial charge in [-0.15, -0.1) is 0 Å². The highest BCUT2D eigenvalue weighted by atomic mass is 16.5. The first-order chi connectivity index (χ1) is 6.20. The van der Waals surface area contributed by atoms with Crippen LogP contribution in [-0.4, -0.2) is 38.3 Å². The van der Waals surface area contributed by atoms with Gasteiger partial charge in [-0.25, -0.2) is 0 Å². The molecule has 1 atom stereocenters. The van der Waals surface area contributed by atoms with Gasteiger partial charge < -0.3 is 9.64 Å². The second-order valence-electron chi connectivity index (χ2n) is 3.81. The van der Waals surface area contributed by atoms with E-state index in [1.807, 2.05) is 0 Å². The predicted octanol–water partition coefficient (Wildman–Crippen LogP) is 2.53. The maximum absolute atomic E-state index is 5.65. The summed E-state index contributed by atoms with van der Waals surface area (Å²) in [5.74, 6) is 0. The van der Waals surface area contributed by atoms with Crippen LogP contribution in [0.15, 0.2) is 0 Å². The topological polar surface area (TPSA) is 12.5 Å². The zero-order valence-corrected chi connectivity index (χ0v) is 9.68. The van der Waals surface area contributed by atoms with Crippen molar-refractivity contribution in [3.05, 3.63) is 0 Å². The maximum Gasteiger partial charge on any atom is 0.0575 e. The summed E-state index contributed by atoms with van der Waals surface area (Å²) in [6.07, 6.45) is 5.39. The number of hydrogen-bond acceptors (Lipinski definition) is 2. The Labute approximate surface area is 83.3 Å². The van der Waals surface area contributed by atoms with Crippen LogP contribution in [0.1, 0.15) is 39.5 Å². The van der Waals surface area contributed by atoms with E-state index < -0.39 is 0 Å². The second-order valence-corrected chi connectivity index (χ2v) is 3.81. The van der Waals surface area contributed by atoms with Gasteiger partial charge in [-0.2, -0.15) is 0 Å². The molecule has 0 radical (unpaired) electrons. The monoisotopic (exact) mass is 187 g/mol. The Kier molecular flexibility index (Phi) is 8.46. The molecule has 80 valence electrons. The van der Waals surface area contributed by atoms with E-state index in [4.69, 9.17) is 4.74 Å². The van der Waals surface area contributed by atoms with Crippen LogP contribution in [0.5, 0.6) is 0 Å². The molecule has 13 heavy (non-hydrogen) atoms. The van der Waals surface area contributed by atoms with Gasteiger partial charge in [0.1, 0.15) is 0 Å². The predicted molar refractivity (Wildman–Crippen MR) is 58.1 cm³/mol.